The minimum absolute atomic E-state index is 0.00983. The Hall–Kier alpha value is -3.17. The number of nitrogens with zero attached hydrogens (tertiary/aromatic N) is 4. The maximum atomic E-state index is 12.1. The molecular formula is C16H20N4O6. The van der Waals surface area contributed by atoms with Gasteiger partial charge in [-0.1, -0.05) is 0 Å². The van der Waals surface area contributed by atoms with E-state index in [4.69, 9.17) is 4.42 Å². The van der Waals surface area contributed by atoms with Gasteiger partial charge in [0.05, 0.1) is 23.1 Å². The van der Waals surface area contributed by atoms with E-state index in [2.05, 4.69) is 0 Å². The van der Waals surface area contributed by atoms with Crippen LogP contribution in [0.25, 0.3) is 11.1 Å². The third kappa shape index (κ3) is 4.26. The lowest BCUT2D eigenvalue weighted by Gasteiger charge is -2.19. The number of nitro benzene ring substituents is 1. The Bertz CT molecular complexity index is 898. The van der Waals surface area contributed by atoms with E-state index in [1.807, 2.05) is 0 Å². The summed E-state index contributed by atoms with van der Waals surface area (Å²) in [6.07, 6.45) is 0.522. The third-order valence-electron chi connectivity index (χ3n) is 3.93. The van der Waals surface area contributed by atoms with Gasteiger partial charge in [-0.05, 0) is 12.5 Å². The highest BCUT2D eigenvalue weighted by atomic mass is 16.6. The van der Waals surface area contributed by atoms with E-state index in [1.54, 1.807) is 21.1 Å². The van der Waals surface area contributed by atoms with Gasteiger partial charge in [-0.15, -0.1) is 0 Å². The van der Waals surface area contributed by atoms with E-state index in [0.717, 1.165) is 0 Å². The molecule has 2 aromatic rings. The predicted octanol–water partition coefficient (Wildman–Crippen LogP) is 0.829. The van der Waals surface area contributed by atoms with Crippen molar-refractivity contribution < 1.29 is 18.9 Å². The van der Waals surface area contributed by atoms with Crippen molar-refractivity contribution in [3.63, 3.8) is 0 Å². The van der Waals surface area contributed by atoms with Crippen LogP contribution in [0, 0.1) is 10.1 Å². The van der Waals surface area contributed by atoms with Gasteiger partial charge in [-0.25, -0.2) is 4.79 Å². The highest BCUT2D eigenvalue weighted by Crippen LogP contribution is 2.20. The summed E-state index contributed by atoms with van der Waals surface area (Å²) < 4.78 is 6.36. The van der Waals surface area contributed by atoms with Crippen molar-refractivity contribution in [2.24, 2.45) is 0 Å². The van der Waals surface area contributed by atoms with Gasteiger partial charge in [0.1, 0.15) is 0 Å². The van der Waals surface area contributed by atoms with Crippen LogP contribution in [0.3, 0.4) is 0 Å². The quantitative estimate of drug-likeness (QED) is 0.530. The van der Waals surface area contributed by atoms with Crippen molar-refractivity contribution in [3.05, 3.63) is 38.9 Å². The molecule has 0 atom stereocenters. The predicted molar refractivity (Wildman–Crippen MR) is 92.7 cm³/mol. The molecule has 2 rings (SSSR count). The van der Waals surface area contributed by atoms with Crippen LogP contribution in [0.2, 0.25) is 0 Å². The molecule has 0 saturated carbocycles. The molecule has 1 aromatic carbocycles. The summed E-state index contributed by atoms with van der Waals surface area (Å²) in [5.41, 5.74) is 0.397. The van der Waals surface area contributed by atoms with Gasteiger partial charge in [-0.3, -0.25) is 24.3 Å². The van der Waals surface area contributed by atoms with Crippen molar-refractivity contribution >= 4 is 28.6 Å². The fraction of sp³-hybridized carbons (Fsp3) is 0.438. The van der Waals surface area contributed by atoms with Gasteiger partial charge < -0.3 is 14.2 Å². The monoisotopic (exact) mass is 364 g/mol. The lowest BCUT2D eigenvalue weighted by molar-refractivity contribution is -0.384. The number of carbonyl (C=O) groups excluding carboxylic acids is 2. The Kier molecular flexibility index (Phi) is 5.75. The number of hydrogen-bond acceptors (Lipinski definition) is 6. The second-order valence-electron chi connectivity index (χ2n) is 6.07. The standard InChI is InChI=1S/C16H20N4O6/c1-17(2)15(22)10-18(3)14(21)5-4-8-19-12-7-6-11(20(24)25)9-13(12)26-16(19)23/h6-7,9H,4-5,8,10H2,1-3H3. The molecule has 140 valence electrons. The van der Waals surface area contributed by atoms with Crippen LogP contribution in [-0.4, -0.2) is 58.8 Å². The first-order chi connectivity index (χ1) is 12.2. The second kappa shape index (κ2) is 7.81. The highest BCUT2D eigenvalue weighted by molar-refractivity contribution is 5.84. The molecule has 0 fully saturated rings. The minimum Gasteiger partial charge on any atom is -0.407 e. The third-order valence-corrected chi connectivity index (χ3v) is 3.93. The first-order valence-electron chi connectivity index (χ1n) is 7.92. The van der Waals surface area contributed by atoms with E-state index >= 15 is 0 Å². The zero-order valence-corrected chi connectivity index (χ0v) is 14.8. The fourth-order valence-corrected chi connectivity index (χ4v) is 2.39. The molecule has 10 nitrogen and oxygen atoms in total. The van der Waals surface area contributed by atoms with Crippen LogP contribution in [0.5, 0.6) is 0 Å². The zero-order valence-electron chi connectivity index (χ0n) is 14.8. The van der Waals surface area contributed by atoms with E-state index in [9.17, 15) is 24.5 Å². The average Bonchev–Trinajstić information content (AvgIpc) is 2.89. The molecule has 26 heavy (non-hydrogen) atoms. The molecular weight excluding hydrogens is 344 g/mol. The topological polar surface area (TPSA) is 119 Å². The lowest BCUT2D eigenvalue weighted by atomic mass is 10.2. The van der Waals surface area contributed by atoms with E-state index < -0.39 is 10.7 Å². The van der Waals surface area contributed by atoms with Crippen LogP contribution in [-0.2, 0) is 16.1 Å². The number of benzene rings is 1. The SMILES string of the molecule is CN(C)C(=O)CN(C)C(=O)CCCn1c(=O)oc2cc([N+](=O)[O-])ccc21. The summed E-state index contributed by atoms with van der Waals surface area (Å²) in [6.45, 7) is 0.217. The molecule has 1 heterocycles. The van der Waals surface area contributed by atoms with Crippen LogP contribution in [0.1, 0.15) is 12.8 Å². The van der Waals surface area contributed by atoms with Gasteiger partial charge in [-0.2, -0.15) is 0 Å². The lowest BCUT2D eigenvalue weighted by Crippen LogP contribution is -2.37. The summed E-state index contributed by atoms with van der Waals surface area (Å²) in [5.74, 6) is -1.03. The van der Waals surface area contributed by atoms with Crippen molar-refractivity contribution in [1.29, 1.82) is 0 Å². The summed E-state index contributed by atoms with van der Waals surface area (Å²) in [5, 5.41) is 10.8. The number of amides is 2. The minimum atomic E-state index is -0.635. The summed E-state index contributed by atoms with van der Waals surface area (Å²) in [6, 6.07) is 3.93. The van der Waals surface area contributed by atoms with Crippen LogP contribution in [0.4, 0.5) is 5.69 Å². The summed E-state index contributed by atoms with van der Waals surface area (Å²) in [7, 11) is 4.77. The number of carbonyl (C=O) groups is 2. The number of aromatic nitrogens is 1. The first kappa shape index (κ1) is 19.2. The van der Waals surface area contributed by atoms with Crippen molar-refractivity contribution in [3.8, 4) is 0 Å². The first-order valence-corrected chi connectivity index (χ1v) is 7.92. The summed E-state index contributed by atoms with van der Waals surface area (Å²) in [4.78, 5) is 48.6. The molecule has 0 unspecified atom stereocenters. The molecule has 0 N–H and O–H groups in total. The van der Waals surface area contributed by atoms with Crippen molar-refractivity contribution in [2.75, 3.05) is 27.7 Å². The molecule has 0 aliphatic heterocycles. The maximum absolute atomic E-state index is 12.1. The molecule has 2 amide bonds. The van der Waals surface area contributed by atoms with E-state index in [1.165, 1.54) is 32.6 Å². The number of hydrogen-bond donors (Lipinski definition) is 0. The maximum Gasteiger partial charge on any atom is 0.419 e. The number of likely N-dealkylation sites (N-methyl/N-ethyl adjacent to an activating group) is 2. The fourth-order valence-electron chi connectivity index (χ4n) is 2.39. The van der Waals surface area contributed by atoms with Gasteiger partial charge in [0.25, 0.3) is 5.69 Å². The second-order valence-corrected chi connectivity index (χ2v) is 6.07. The van der Waals surface area contributed by atoms with Gasteiger partial charge in [0.15, 0.2) is 5.58 Å². The Balaban J connectivity index is 2.00. The van der Waals surface area contributed by atoms with Crippen molar-refractivity contribution in [1.82, 2.24) is 14.4 Å². The molecule has 1 aromatic heterocycles. The molecule has 0 saturated heterocycles. The number of non-ortho nitro benzene ring substituents is 1. The number of fused-ring (bicyclic) bond motifs is 1. The zero-order chi connectivity index (χ0) is 19.4. The normalized spacial score (nSPS) is 10.7. The number of aryl methyl sites for hydroxylation is 1. The molecule has 0 radical (unpaired) electrons. The molecule has 0 bridgehead atoms. The van der Waals surface area contributed by atoms with Crippen LogP contribution in [0.15, 0.2) is 27.4 Å². The Morgan fingerprint density at radius 1 is 1.23 bits per heavy atom. The highest BCUT2D eigenvalue weighted by Gasteiger charge is 2.16. The van der Waals surface area contributed by atoms with Crippen LogP contribution >= 0.6 is 0 Å². The number of rotatable bonds is 7. The molecule has 0 aliphatic rings. The molecule has 0 spiro atoms. The van der Waals surface area contributed by atoms with Gasteiger partial charge in [0, 0.05) is 40.2 Å². The Morgan fingerprint density at radius 2 is 1.92 bits per heavy atom. The Labute approximate surface area is 148 Å². The summed E-state index contributed by atoms with van der Waals surface area (Å²) >= 11 is 0. The molecule has 10 heteroatoms. The van der Waals surface area contributed by atoms with E-state index in [-0.39, 0.29) is 42.6 Å². The largest absolute Gasteiger partial charge is 0.419 e. The van der Waals surface area contributed by atoms with Crippen LogP contribution < -0.4 is 5.76 Å². The van der Waals surface area contributed by atoms with Gasteiger partial charge >= 0.3 is 5.76 Å². The smallest absolute Gasteiger partial charge is 0.407 e. The number of oxazole rings is 1. The number of nitro groups is 1. The Morgan fingerprint density at radius 3 is 2.54 bits per heavy atom. The molecule has 0 aliphatic carbocycles. The van der Waals surface area contributed by atoms with E-state index in [0.29, 0.717) is 11.9 Å². The van der Waals surface area contributed by atoms with Crippen molar-refractivity contribution in [2.45, 2.75) is 19.4 Å². The average molecular weight is 364 g/mol. The van der Waals surface area contributed by atoms with Gasteiger partial charge in [0.2, 0.25) is 11.8 Å².